The Morgan fingerprint density at radius 3 is 2.72 bits per heavy atom. The molecule has 4 nitrogen and oxygen atoms in total. The highest BCUT2D eigenvalue weighted by Gasteiger charge is 2.11. The number of amides is 1. The zero-order valence-corrected chi connectivity index (χ0v) is 10.9. The van der Waals surface area contributed by atoms with Gasteiger partial charge in [-0.25, -0.2) is 4.39 Å². The predicted molar refractivity (Wildman–Crippen MR) is 69.3 cm³/mol. The molecule has 100 valence electrons. The molecule has 3 N–H and O–H groups in total. The Morgan fingerprint density at radius 2 is 2.22 bits per heavy atom. The number of halogens is 1. The summed E-state index contributed by atoms with van der Waals surface area (Å²) in [6, 6.07) is 4.99. The average Bonchev–Trinajstić information content (AvgIpc) is 2.39. The Kier molecular flexibility index (Phi) is 5.74. The van der Waals surface area contributed by atoms with Gasteiger partial charge in [-0.15, -0.1) is 0 Å². The van der Waals surface area contributed by atoms with Gasteiger partial charge in [-0.3, -0.25) is 9.69 Å². The van der Waals surface area contributed by atoms with Crippen LogP contribution in [0.4, 0.5) is 4.39 Å². The van der Waals surface area contributed by atoms with Gasteiger partial charge in [-0.2, -0.15) is 0 Å². The second kappa shape index (κ2) is 7.08. The number of rotatable bonds is 6. The van der Waals surface area contributed by atoms with Crippen LogP contribution in [0.3, 0.4) is 0 Å². The van der Waals surface area contributed by atoms with Crippen molar-refractivity contribution >= 4 is 5.91 Å². The van der Waals surface area contributed by atoms with Crippen molar-refractivity contribution in [3.8, 4) is 0 Å². The van der Waals surface area contributed by atoms with E-state index >= 15 is 0 Å². The van der Waals surface area contributed by atoms with E-state index in [1.54, 1.807) is 13.1 Å². The molecular weight excluding hydrogens is 233 g/mol. The molecule has 1 rings (SSSR count). The van der Waals surface area contributed by atoms with Crippen LogP contribution in [-0.4, -0.2) is 30.9 Å². The second-order valence-corrected chi connectivity index (χ2v) is 4.11. The highest BCUT2D eigenvalue weighted by Crippen LogP contribution is 2.12. The van der Waals surface area contributed by atoms with Gasteiger partial charge in [-0.05, 0) is 18.2 Å². The van der Waals surface area contributed by atoms with Gasteiger partial charge in [0, 0.05) is 25.7 Å². The maximum atomic E-state index is 13.8. The van der Waals surface area contributed by atoms with Crippen molar-refractivity contribution in [2.24, 2.45) is 5.73 Å². The van der Waals surface area contributed by atoms with E-state index in [-0.39, 0.29) is 18.3 Å². The maximum absolute atomic E-state index is 13.8. The van der Waals surface area contributed by atoms with Gasteiger partial charge in [0.2, 0.25) is 5.91 Å². The molecule has 0 saturated heterocycles. The zero-order valence-electron chi connectivity index (χ0n) is 10.9. The van der Waals surface area contributed by atoms with Gasteiger partial charge < -0.3 is 11.1 Å². The molecule has 0 spiro atoms. The first-order valence-electron chi connectivity index (χ1n) is 6.01. The molecule has 0 heterocycles. The predicted octanol–water partition coefficient (Wildman–Crippen LogP) is 0.852. The highest BCUT2D eigenvalue weighted by molar-refractivity contribution is 5.77. The van der Waals surface area contributed by atoms with E-state index in [4.69, 9.17) is 5.73 Å². The lowest BCUT2D eigenvalue weighted by Gasteiger charge is -2.19. The van der Waals surface area contributed by atoms with Crippen LogP contribution in [0.1, 0.15) is 18.1 Å². The van der Waals surface area contributed by atoms with Gasteiger partial charge in [-0.1, -0.05) is 19.1 Å². The quantitative estimate of drug-likeness (QED) is 0.790. The van der Waals surface area contributed by atoms with Crippen LogP contribution in [0.2, 0.25) is 0 Å². The summed E-state index contributed by atoms with van der Waals surface area (Å²) >= 11 is 0. The van der Waals surface area contributed by atoms with E-state index in [1.807, 2.05) is 17.9 Å². The summed E-state index contributed by atoms with van der Waals surface area (Å²) in [5.41, 5.74) is 6.80. The molecular formula is C13H20FN3O. The molecule has 0 aliphatic rings. The highest BCUT2D eigenvalue weighted by atomic mass is 19.1. The molecule has 0 aromatic heterocycles. The molecule has 0 radical (unpaired) electrons. The SMILES string of the molecule is CCN(CC(=O)NC)Cc1ccc(CN)cc1F. The van der Waals surface area contributed by atoms with E-state index in [2.05, 4.69) is 5.32 Å². The minimum absolute atomic E-state index is 0.0733. The fourth-order valence-electron chi connectivity index (χ4n) is 1.65. The van der Waals surface area contributed by atoms with Crippen molar-refractivity contribution in [2.45, 2.75) is 20.0 Å². The smallest absolute Gasteiger partial charge is 0.233 e. The molecule has 0 atom stereocenters. The number of nitrogens with zero attached hydrogens (tertiary/aromatic N) is 1. The molecule has 0 aliphatic heterocycles. The molecule has 0 saturated carbocycles. The first-order chi connectivity index (χ1) is 8.60. The Bertz CT molecular complexity index is 409. The fraction of sp³-hybridized carbons (Fsp3) is 0.462. The third kappa shape index (κ3) is 4.09. The van der Waals surface area contributed by atoms with Crippen molar-refractivity contribution in [1.29, 1.82) is 0 Å². The van der Waals surface area contributed by atoms with Crippen LogP contribution in [0.25, 0.3) is 0 Å². The van der Waals surface area contributed by atoms with E-state index in [0.717, 1.165) is 5.56 Å². The maximum Gasteiger partial charge on any atom is 0.233 e. The van der Waals surface area contributed by atoms with Crippen molar-refractivity contribution in [1.82, 2.24) is 10.2 Å². The van der Waals surface area contributed by atoms with Crippen molar-refractivity contribution in [2.75, 3.05) is 20.1 Å². The second-order valence-electron chi connectivity index (χ2n) is 4.11. The first-order valence-corrected chi connectivity index (χ1v) is 6.01. The number of hydrogen-bond acceptors (Lipinski definition) is 3. The van der Waals surface area contributed by atoms with Gasteiger partial charge in [0.05, 0.1) is 6.54 Å². The van der Waals surface area contributed by atoms with E-state index in [9.17, 15) is 9.18 Å². The average molecular weight is 253 g/mol. The Labute approximate surface area is 107 Å². The molecule has 18 heavy (non-hydrogen) atoms. The topological polar surface area (TPSA) is 58.4 Å². The summed E-state index contributed by atoms with van der Waals surface area (Å²) in [7, 11) is 1.59. The molecule has 0 aliphatic carbocycles. The molecule has 1 amide bonds. The van der Waals surface area contributed by atoms with Crippen LogP contribution in [0.5, 0.6) is 0 Å². The van der Waals surface area contributed by atoms with Gasteiger partial charge in [0.25, 0.3) is 0 Å². The Morgan fingerprint density at radius 1 is 1.50 bits per heavy atom. The van der Waals surface area contributed by atoms with Crippen molar-refractivity contribution in [3.05, 3.63) is 35.1 Å². The van der Waals surface area contributed by atoms with E-state index in [0.29, 0.717) is 25.2 Å². The lowest BCUT2D eigenvalue weighted by Crippen LogP contribution is -2.35. The van der Waals surface area contributed by atoms with Gasteiger partial charge in [0.15, 0.2) is 0 Å². The number of nitrogens with two attached hydrogens (primary N) is 1. The third-order valence-electron chi connectivity index (χ3n) is 2.84. The number of carbonyl (C=O) groups is 1. The van der Waals surface area contributed by atoms with Crippen LogP contribution in [0, 0.1) is 5.82 Å². The number of carbonyl (C=O) groups excluding carboxylic acids is 1. The summed E-state index contributed by atoms with van der Waals surface area (Å²) in [4.78, 5) is 13.2. The monoisotopic (exact) mass is 253 g/mol. The minimum atomic E-state index is -0.270. The van der Waals surface area contributed by atoms with E-state index < -0.39 is 0 Å². The van der Waals surface area contributed by atoms with Gasteiger partial charge >= 0.3 is 0 Å². The normalized spacial score (nSPS) is 10.7. The summed E-state index contributed by atoms with van der Waals surface area (Å²) in [6.45, 7) is 3.64. The third-order valence-corrected chi connectivity index (χ3v) is 2.84. The number of benzene rings is 1. The largest absolute Gasteiger partial charge is 0.358 e. The van der Waals surface area contributed by atoms with E-state index in [1.165, 1.54) is 6.07 Å². The summed E-state index contributed by atoms with van der Waals surface area (Å²) in [5, 5.41) is 2.56. The fourth-order valence-corrected chi connectivity index (χ4v) is 1.65. The summed E-state index contributed by atoms with van der Waals surface area (Å²) in [5.74, 6) is -0.343. The van der Waals surface area contributed by atoms with Crippen LogP contribution in [-0.2, 0) is 17.9 Å². The Balaban J connectivity index is 2.72. The Hall–Kier alpha value is -1.46. The lowest BCUT2D eigenvalue weighted by atomic mass is 10.1. The number of hydrogen-bond donors (Lipinski definition) is 2. The first kappa shape index (κ1) is 14.6. The number of nitrogens with one attached hydrogen (secondary N) is 1. The molecule has 0 unspecified atom stereocenters. The zero-order chi connectivity index (χ0) is 13.5. The minimum Gasteiger partial charge on any atom is -0.358 e. The van der Waals surface area contributed by atoms with Crippen LogP contribution in [0.15, 0.2) is 18.2 Å². The molecule has 1 aromatic carbocycles. The molecule has 0 bridgehead atoms. The van der Waals surface area contributed by atoms with Crippen LogP contribution >= 0.6 is 0 Å². The summed E-state index contributed by atoms with van der Waals surface area (Å²) < 4.78 is 13.8. The van der Waals surface area contributed by atoms with Crippen molar-refractivity contribution < 1.29 is 9.18 Å². The lowest BCUT2D eigenvalue weighted by molar-refractivity contribution is -0.121. The number of likely N-dealkylation sites (N-methyl/N-ethyl adjacent to an activating group) is 2. The summed E-state index contributed by atoms with van der Waals surface area (Å²) in [6.07, 6.45) is 0. The molecule has 0 fully saturated rings. The van der Waals surface area contributed by atoms with Crippen LogP contribution < -0.4 is 11.1 Å². The van der Waals surface area contributed by atoms with Gasteiger partial charge in [0.1, 0.15) is 5.82 Å². The standard InChI is InChI=1S/C13H20FN3O/c1-3-17(9-13(18)16-2)8-11-5-4-10(7-15)6-12(11)14/h4-6H,3,7-9,15H2,1-2H3,(H,16,18). The van der Waals surface area contributed by atoms with Crippen molar-refractivity contribution in [3.63, 3.8) is 0 Å². The molecule has 1 aromatic rings. The molecule has 5 heteroatoms.